The molecule has 0 saturated carbocycles. The summed E-state index contributed by atoms with van der Waals surface area (Å²) in [6, 6.07) is 0. The van der Waals surface area contributed by atoms with Crippen molar-refractivity contribution in [1.82, 2.24) is 5.32 Å². The number of amides is 1. The number of carbonyl (C=O) groups is 2. The molecular formula is C16H31NO4. The van der Waals surface area contributed by atoms with Crippen LogP contribution < -0.4 is 5.32 Å². The van der Waals surface area contributed by atoms with Gasteiger partial charge in [-0.15, -0.1) is 0 Å². The molecule has 1 amide bonds. The van der Waals surface area contributed by atoms with Crippen molar-refractivity contribution < 1.29 is 19.1 Å². The third-order valence-corrected chi connectivity index (χ3v) is 2.85. The van der Waals surface area contributed by atoms with Crippen molar-refractivity contribution in [2.24, 2.45) is 5.92 Å². The van der Waals surface area contributed by atoms with E-state index in [1.165, 1.54) is 0 Å². The minimum Gasteiger partial charge on any atom is -0.372 e. The molecule has 0 saturated heterocycles. The fourth-order valence-electron chi connectivity index (χ4n) is 1.60. The second-order valence-corrected chi connectivity index (χ2v) is 7.37. The van der Waals surface area contributed by atoms with Gasteiger partial charge in [0.25, 0.3) is 0 Å². The highest BCUT2D eigenvalue weighted by atomic mass is 16.5. The van der Waals surface area contributed by atoms with Gasteiger partial charge in [0.15, 0.2) is 5.78 Å². The first-order valence-corrected chi connectivity index (χ1v) is 7.43. The van der Waals surface area contributed by atoms with Crippen molar-refractivity contribution in [3.63, 3.8) is 0 Å². The maximum Gasteiger partial charge on any atom is 0.246 e. The summed E-state index contributed by atoms with van der Waals surface area (Å²) >= 11 is 0. The van der Waals surface area contributed by atoms with E-state index in [2.05, 4.69) is 5.32 Å². The molecule has 0 aromatic carbocycles. The molecule has 0 aliphatic rings. The highest BCUT2D eigenvalue weighted by Crippen LogP contribution is 2.17. The van der Waals surface area contributed by atoms with Gasteiger partial charge in [0.1, 0.15) is 6.61 Å². The minimum atomic E-state index is -0.371. The summed E-state index contributed by atoms with van der Waals surface area (Å²) in [5, 5.41) is 2.58. The van der Waals surface area contributed by atoms with Gasteiger partial charge in [-0.1, -0.05) is 6.92 Å². The average molecular weight is 301 g/mol. The van der Waals surface area contributed by atoms with Crippen LogP contribution >= 0.6 is 0 Å². The summed E-state index contributed by atoms with van der Waals surface area (Å²) in [7, 11) is 0. The van der Waals surface area contributed by atoms with E-state index in [1.54, 1.807) is 0 Å². The molecule has 0 aromatic heterocycles. The maximum atomic E-state index is 12.0. The molecule has 0 fully saturated rings. The first-order valence-electron chi connectivity index (χ1n) is 7.43. The lowest BCUT2D eigenvalue weighted by Gasteiger charge is -2.28. The summed E-state index contributed by atoms with van der Waals surface area (Å²) < 4.78 is 11.1. The van der Waals surface area contributed by atoms with Gasteiger partial charge in [0.05, 0.1) is 23.9 Å². The Morgan fingerprint density at radius 1 is 1.00 bits per heavy atom. The van der Waals surface area contributed by atoms with E-state index in [9.17, 15) is 9.59 Å². The van der Waals surface area contributed by atoms with Gasteiger partial charge < -0.3 is 14.8 Å². The molecule has 0 heterocycles. The topological polar surface area (TPSA) is 64.6 Å². The summed E-state index contributed by atoms with van der Waals surface area (Å²) in [6.45, 7) is 15.1. The first-order chi connectivity index (χ1) is 9.32. The number of rotatable bonds is 7. The third-order valence-electron chi connectivity index (χ3n) is 2.85. The van der Waals surface area contributed by atoms with Gasteiger partial charge in [-0.25, -0.2) is 0 Å². The Morgan fingerprint density at radius 3 is 1.95 bits per heavy atom. The zero-order valence-electron chi connectivity index (χ0n) is 14.7. The zero-order chi connectivity index (χ0) is 16.8. The van der Waals surface area contributed by atoms with Crippen LogP contribution in [0.15, 0.2) is 0 Å². The van der Waals surface area contributed by atoms with Crippen LogP contribution in [0.4, 0.5) is 0 Å². The lowest BCUT2D eigenvalue weighted by Crippen LogP contribution is -2.40. The standard InChI is InChI=1S/C16H31NO4/c1-11(12(2)21-16(6,7)8)13(18)9-17-14(19)10-20-15(3,4)5/h11-12H,9-10H2,1-8H3,(H,17,19)/t11-,12?/m0/s1. The van der Waals surface area contributed by atoms with Crippen molar-refractivity contribution in [3.8, 4) is 0 Å². The van der Waals surface area contributed by atoms with Crippen molar-refractivity contribution >= 4 is 11.7 Å². The van der Waals surface area contributed by atoms with Gasteiger partial charge in [0, 0.05) is 5.92 Å². The Morgan fingerprint density at radius 2 is 1.52 bits per heavy atom. The van der Waals surface area contributed by atoms with Crippen LogP contribution in [0.25, 0.3) is 0 Å². The molecule has 0 aromatic rings. The highest BCUT2D eigenvalue weighted by molar-refractivity contribution is 5.88. The van der Waals surface area contributed by atoms with Crippen molar-refractivity contribution in [2.45, 2.75) is 72.7 Å². The fourth-order valence-corrected chi connectivity index (χ4v) is 1.60. The quantitative estimate of drug-likeness (QED) is 0.784. The van der Waals surface area contributed by atoms with E-state index in [4.69, 9.17) is 9.47 Å². The number of carbonyl (C=O) groups excluding carboxylic acids is 2. The van der Waals surface area contributed by atoms with Crippen LogP contribution in [0.1, 0.15) is 55.4 Å². The smallest absolute Gasteiger partial charge is 0.246 e. The third kappa shape index (κ3) is 10.4. The van der Waals surface area contributed by atoms with E-state index >= 15 is 0 Å². The van der Waals surface area contributed by atoms with E-state index in [0.717, 1.165) is 0 Å². The molecule has 0 spiro atoms. The molecule has 1 unspecified atom stereocenters. The Labute approximate surface area is 128 Å². The van der Waals surface area contributed by atoms with E-state index in [1.807, 2.05) is 55.4 Å². The average Bonchev–Trinajstić information content (AvgIpc) is 2.29. The fraction of sp³-hybridized carbons (Fsp3) is 0.875. The molecule has 0 aliphatic heterocycles. The number of hydrogen-bond donors (Lipinski definition) is 1. The lowest BCUT2D eigenvalue weighted by atomic mass is 9.99. The van der Waals surface area contributed by atoms with Crippen LogP contribution in [-0.2, 0) is 19.1 Å². The van der Waals surface area contributed by atoms with Crippen molar-refractivity contribution in [2.75, 3.05) is 13.2 Å². The monoisotopic (exact) mass is 301 g/mol. The zero-order valence-corrected chi connectivity index (χ0v) is 14.7. The lowest BCUT2D eigenvalue weighted by molar-refractivity contribution is -0.136. The number of Topliss-reactive ketones (excluding diaryl/α,β-unsaturated/α-hetero) is 1. The largest absolute Gasteiger partial charge is 0.372 e. The van der Waals surface area contributed by atoms with Crippen LogP contribution in [0, 0.1) is 5.92 Å². The number of nitrogens with one attached hydrogen (secondary N) is 1. The second kappa shape index (κ2) is 7.90. The Balaban J connectivity index is 4.16. The molecule has 0 rings (SSSR count). The van der Waals surface area contributed by atoms with Crippen LogP contribution in [-0.4, -0.2) is 42.1 Å². The van der Waals surface area contributed by atoms with Crippen molar-refractivity contribution in [3.05, 3.63) is 0 Å². The predicted molar refractivity (Wildman–Crippen MR) is 83.2 cm³/mol. The number of ketones is 1. The molecular weight excluding hydrogens is 270 g/mol. The van der Waals surface area contributed by atoms with Crippen LogP contribution in [0.5, 0.6) is 0 Å². The van der Waals surface area contributed by atoms with Crippen LogP contribution in [0.2, 0.25) is 0 Å². The first kappa shape index (κ1) is 20.1. The number of ether oxygens (including phenoxy) is 2. The Hall–Kier alpha value is -0.940. The molecule has 0 aliphatic carbocycles. The molecule has 0 bridgehead atoms. The molecule has 124 valence electrons. The SMILES string of the molecule is CC(OC(C)(C)C)[C@H](C)C(=O)CNC(=O)COC(C)(C)C. The summed E-state index contributed by atoms with van der Waals surface area (Å²) in [6.07, 6.45) is -0.194. The van der Waals surface area contributed by atoms with Gasteiger partial charge in [-0.3, -0.25) is 9.59 Å². The van der Waals surface area contributed by atoms with Gasteiger partial charge in [-0.05, 0) is 48.5 Å². The van der Waals surface area contributed by atoms with Gasteiger partial charge in [0.2, 0.25) is 5.91 Å². The predicted octanol–water partition coefficient (Wildman–Crippen LogP) is 2.33. The summed E-state index contributed by atoms with van der Waals surface area (Å²) in [5.41, 5.74) is -0.665. The maximum absolute atomic E-state index is 12.0. The molecule has 21 heavy (non-hydrogen) atoms. The van der Waals surface area contributed by atoms with E-state index < -0.39 is 0 Å². The summed E-state index contributed by atoms with van der Waals surface area (Å²) in [4.78, 5) is 23.6. The molecule has 0 radical (unpaired) electrons. The second-order valence-electron chi connectivity index (χ2n) is 7.37. The molecule has 5 nitrogen and oxygen atoms in total. The van der Waals surface area contributed by atoms with E-state index in [0.29, 0.717) is 0 Å². The minimum absolute atomic E-state index is 0.00530. The van der Waals surface area contributed by atoms with Gasteiger partial charge in [-0.2, -0.15) is 0 Å². The van der Waals surface area contributed by atoms with Crippen LogP contribution in [0.3, 0.4) is 0 Å². The Kier molecular flexibility index (Phi) is 7.54. The molecule has 5 heteroatoms. The number of hydrogen-bond acceptors (Lipinski definition) is 4. The van der Waals surface area contributed by atoms with Crippen molar-refractivity contribution in [1.29, 1.82) is 0 Å². The highest BCUT2D eigenvalue weighted by Gasteiger charge is 2.25. The summed E-state index contributed by atoms with van der Waals surface area (Å²) in [5.74, 6) is -0.598. The molecule has 2 atom stereocenters. The van der Waals surface area contributed by atoms with Gasteiger partial charge >= 0.3 is 0 Å². The Bertz CT molecular complexity index is 352. The molecule has 1 N–H and O–H groups in total. The van der Waals surface area contributed by atoms with E-state index in [-0.39, 0.29) is 48.1 Å². The normalized spacial score (nSPS) is 15.4.